The molecular weight excluding hydrogens is 602 g/mol. The monoisotopic (exact) mass is 645 g/mol. The zero-order chi connectivity index (χ0) is 31.8. The van der Waals surface area contributed by atoms with E-state index in [2.05, 4.69) is 62.8 Å². The van der Waals surface area contributed by atoms with Crippen LogP contribution in [-0.4, -0.2) is 49.1 Å². The first-order chi connectivity index (χ1) is 21.5. The molecule has 7 nitrogen and oxygen atoms in total. The second kappa shape index (κ2) is 13.0. The number of rotatable bonds is 8. The number of aromatic nitrogens is 3. The van der Waals surface area contributed by atoms with Crippen LogP contribution in [0.15, 0.2) is 71.7 Å². The van der Waals surface area contributed by atoms with Crippen molar-refractivity contribution in [2.24, 2.45) is 0 Å². The van der Waals surface area contributed by atoms with Crippen molar-refractivity contribution < 1.29 is 13.9 Å². The molecule has 45 heavy (non-hydrogen) atoms. The van der Waals surface area contributed by atoms with Gasteiger partial charge < -0.3 is 18.5 Å². The molecule has 1 fully saturated rings. The lowest BCUT2D eigenvalue weighted by atomic mass is 10.00. The largest absolute Gasteiger partial charge is 0.414 e. The Morgan fingerprint density at radius 3 is 2.58 bits per heavy atom. The lowest BCUT2D eigenvalue weighted by Gasteiger charge is -2.37. The Morgan fingerprint density at radius 1 is 1.07 bits per heavy atom. The van der Waals surface area contributed by atoms with Gasteiger partial charge in [0, 0.05) is 29.3 Å². The highest BCUT2D eigenvalue weighted by Gasteiger charge is 2.38. The van der Waals surface area contributed by atoms with Crippen molar-refractivity contribution in [1.82, 2.24) is 14.3 Å². The maximum Gasteiger partial charge on any atom is 0.251 e. The van der Waals surface area contributed by atoms with E-state index in [4.69, 9.17) is 30.6 Å². The van der Waals surface area contributed by atoms with E-state index in [-0.39, 0.29) is 22.9 Å². The van der Waals surface area contributed by atoms with Gasteiger partial charge in [0.25, 0.3) is 5.56 Å². The average Bonchev–Trinajstić information content (AvgIpc) is 3.41. The number of nitrogens with zero attached hydrogens (tertiary/aromatic N) is 3. The van der Waals surface area contributed by atoms with Crippen molar-refractivity contribution in [1.29, 1.82) is 0 Å². The molecule has 0 N–H and O–H groups in total. The fraction of sp³-hybridized carbons (Fsp3) is 0.444. The lowest BCUT2D eigenvalue weighted by molar-refractivity contribution is -0.0367. The number of fused-ring (bicyclic) bond motifs is 1. The summed E-state index contributed by atoms with van der Waals surface area (Å²) in [5.74, 6) is 0. The maximum absolute atomic E-state index is 13.9. The number of halogens is 1. The van der Waals surface area contributed by atoms with E-state index in [0.29, 0.717) is 24.8 Å². The van der Waals surface area contributed by atoms with Crippen LogP contribution in [0.1, 0.15) is 70.0 Å². The van der Waals surface area contributed by atoms with Gasteiger partial charge in [-0.25, -0.2) is 4.68 Å². The zero-order valence-electron chi connectivity index (χ0n) is 27.0. The number of ether oxygens (including phenoxy) is 2. The van der Waals surface area contributed by atoms with Gasteiger partial charge >= 0.3 is 0 Å². The molecule has 238 valence electrons. The van der Waals surface area contributed by atoms with Crippen molar-refractivity contribution in [2.45, 2.75) is 76.9 Å². The van der Waals surface area contributed by atoms with E-state index in [1.807, 2.05) is 36.5 Å². The number of benzene rings is 2. The van der Waals surface area contributed by atoms with Gasteiger partial charge in [0.15, 0.2) is 14.5 Å². The summed E-state index contributed by atoms with van der Waals surface area (Å²) in [6, 6.07) is 17.5. The fourth-order valence-corrected chi connectivity index (χ4v) is 7.12. The summed E-state index contributed by atoms with van der Waals surface area (Å²) in [5.41, 5.74) is 5.91. The first-order valence-corrected chi connectivity index (χ1v) is 19.3. The minimum Gasteiger partial charge on any atom is -0.414 e. The summed E-state index contributed by atoms with van der Waals surface area (Å²) >= 11 is 6.41. The van der Waals surface area contributed by atoms with Gasteiger partial charge in [-0.15, -0.1) is 0 Å². The smallest absolute Gasteiger partial charge is 0.251 e. The van der Waals surface area contributed by atoms with Gasteiger partial charge in [0.05, 0.1) is 37.1 Å². The third-order valence-corrected chi connectivity index (χ3v) is 14.4. The molecule has 9 heteroatoms. The van der Waals surface area contributed by atoms with Crippen LogP contribution >= 0.6 is 11.6 Å². The fourth-order valence-electron chi connectivity index (χ4n) is 5.92. The van der Waals surface area contributed by atoms with E-state index in [0.717, 1.165) is 65.6 Å². The minimum absolute atomic E-state index is 0.0514. The first-order valence-electron chi connectivity index (χ1n) is 16.0. The molecule has 2 aliphatic rings. The highest BCUT2D eigenvalue weighted by molar-refractivity contribution is 6.74. The van der Waals surface area contributed by atoms with Gasteiger partial charge in [0.2, 0.25) is 0 Å². The van der Waals surface area contributed by atoms with Crippen LogP contribution in [-0.2, 0) is 13.9 Å². The van der Waals surface area contributed by atoms with Crippen molar-refractivity contribution in [3.63, 3.8) is 0 Å². The number of hydrogen-bond donors (Lipinski definition) is 0. The third kappa shape index (κ3) is 6.76. The Hall–Kier alpha value is -3.01. The number of pyridine rings is 1. The van der Waals surface area contributed by atoms with Crippen molar-refractivity contribution >= 4 is 36.4 Å². The van der Waals surface area contributed by atoms with E-state index < -0.39 is 8.32 Å². The Balaban J connectivity index is 1.38. The van der Waals surface area contributed by atoms with Gasteiger partial charge in [-0.1, -0.05) is 56.6 Å². The van der Waals surface area contributed by atoms with E-state index in [1.54, 1.807) is 10.6 Å². The Morgan fingerprint density at radius 2 is 1.89 bits per heavy atom. The van der Waals surface area contributed by atoms with Crippen LogP contribution in [0.5, 0.6) is 0 Å². The second-order valence-electron chi connectivity index (χ2n) is 13.7. The van der Waals surface area contributed by atoms with Crippen molar-refractivity contribution in [3.8, 4) is 11.1 Å². The molecule has 0 saturated carbocycles. The van der Waals surface area contributed by atoms with Crippen molar-refractivity contribution in [3.05, 3.63) is 93.5 Å². The highest BCUT2D eigenvalue weighted by Crippen LogP contribution is 2.38. The second-order valence-corrected chi connectivity index (χ2v) is 18.9. The zero-order valence-corrected chi connectivity index (χ0v) is 28.8. The molecule has 4 heterocycles. The van der Waals surface area contributed by atoms with Crippen LogP contribution in [0.25, 0.3) is 27.6 Å². The summed E-state index contributed by atoms with van der Waals surface area (Å²) in [6.45, 7) is 13.6. The molecule has 1 saturated heterocycles. The molecule has 2 aromatic heterocycles. The summed E-state index contributed by atoms with van der Waals surface area (Å²) in [5, 5.41) is 6.86. The normalized spacial score (nSPS) is 18.6. The topological polar surface area (TPSA) is 67.5 Å². The molecule has 2 atom stereocenters. The molecule has 0 spiro atoms. The SMILES string of the molecule is CC(C)(C)[Si](C)(C)OC[C@H](c1cccc(Cl)c1)n1ccc(-c2ccc3c(c2)c(C2=CCOCC2)nn3C2CCCCO2)cc1=O. The molecule has 6 rings (SSSR count). The highest BCUT2D eigenvalue weighted by atomic mass is 35.5. The third-order valence-electron chi connectivity index (χ3n) is 9.66. The van der Waals surface area contributed by atoms with Crippen LogP contribution in [0.4, 0.5) is 0 Å². The molecule has 0 amide bonds. The van der Waals surface area contributed by atoms with Crippen LogP contribution in [0, 0.1) is 0 Å². The molecule has 0 bridgehead atoms. The van der Waals surface area contributed by atoms with E-state index >= 15 is 0 Å². The van der Waals surface area contributed by atoms with E-state index in [9.17, 15) is 4.79 Å². The minimum atomic E-state index is -2.06. The molecule has 1 unspecified atom stereocenters. The summed E-state index contributed by atoms with van der Waals surface area (Å²) in [6.07, 6.45) is 7.94. The van der Waals surface area contributed by atoms with Gasteiger partial charge in [-0.05, 0) is 96.4 Å². The van der Waals surface area contributed by atoms with Crippen LogP contribution in [0.2, 0.25) is 23.2 Å². The maximum atomic E-state index is 13.9. The summed E-state index contributed by atoms with van der Waals surface area (Å²) < 4.78 is 22.2. The molecule has 2 aromatic carbocycles. The first kappa shape index (κ1) is 31.9. The summed E-state index contributed by atoms with van der Waals surface area (Å²) in [4.78, 5) is 13.9. The van der Waals surface area contributed by atoms with Gasteiger partial charge in [-0.3, -0.25) is 4.79 Å². The standard InChI is InChI=1S/C36H44ClN3O4Si/c1-36(2,3)45(4,5)44-24-32(28-9-8-10-29(37)21-28)39-17-14-27(23-33(39)41)26-12-13-31-30(22-26)35(25-15-19-42-20-16-25)38-40(31)34-11-6-7-18-43-34/h8-10,12-15,17,21-23,32,34H,6-7,11,16,18-20,24H2,1-5H3/t32-,34?/m1/s1. The molecule has 4 aromatic rings. The molecule has 0 aliphatic carbocycles. The van der Waals surface area contributed by atoms with Crippen LogP contribution in [0.3, 0.4) is 0 Å². The predicted octanol–water partition coefficient (Wildman–Crippen LogP) is 8.63. The van der Waals surface area contributed by atoms with Crippen molar-refractivity contribution in [2.75, 3.05) is 26.4 Å². The number of hydrogen-bond acceptors (Lipinski definition) is 5. The van der Waals surface area contributed by atoms with Gasteiger partial charge in [-0.2, -0.15) is 5.10 Å². The van der Waals surface area contributed by atoms with Gasteiger partial charge in [0.1, 0.15) is 0 Å². The van der Waals surface area contributed by atoms with Crippen LogP contribution < -0.4 is 5.56 Å². The Bertz CT molecular complexity index is 1760. The quantitative estimate of drug-likeness (QED) is 0.179. The predicted molar refractivity (Wildman–Crippen MR) is 184 cm³/mol. The van der Waals surface area contributed by atoms with E-state index in [1.165, 1.54) is 5.57 Å². The molecule has 2 aliphatic heterocycles. The summed E-state index contributed by atoms with van der Waals surface area (Å²) in [7, 11) is -2.06. The Kier molecular flexibility index (Phi) is 9.23. The average molecular weight is 646 g/mol. The molecular formula is C36H44ClN3O4Si. The lowest BCUT2D eigenvalue weighted by Crippen LogP contribution is -2.43. The molecule has 0 radical (unpaired) electrons. The Labute approximate surface area is 271 Å².